The second-order valence-corrected chi connectivity index (χ2v) is 13.2. The standard InChI is InChI=1S/C26H33ClN2O5S/c1-25(2,3)34-24(31)23-26(9-11-28-12-10-26)17-22(30)29(23)13-4-14-35(32,33)21-8-6-18-15-20(27)7-5-19(18)16-21/h5-8,15-16,23,28H,4,9-14,17H2,1-3H3. The molecule has 2 aliphatic rings. The number of hydrogen-bond donors (Lipinski definition) is 1. The molecule has 0 saturated carbocycles. The number of carbonyl (C=O) groups is 2. The zero-order chi connectivity index (χ0) is 25.4. The van der Waals surface area contributed by atoms with Crippen molar-refractivity contribution < 1.29 is 22.7 Å². The normalized spacial score (nSPS) is 20.5. The molecule has 2 heterocycles. The third-order valence-corrected chi connectivity index (χ3v) is 8.92. The summed E-state index contributed by atoms with van der Waals surface area (Å²) in [6.07, 6.45) is 1.94. The Morgan fingerprint density at radius 3 is 2.49 bits per heavy atom. The molecule has 2 aromatic carbocycles. The van der Waals surface area contributed by atoms with Crippen LogP contribution in [0.2, 0.25) is 5.02 Å². The Hall–Kier alpha value is -2.16. The van der Waals surface area contributed by atoms with Crippen molar-refractivity contribution in [3.05, 3.63) is 41.4 Å². The van der Waals surface area contributed by atoms with E-state index < -0.39 is 32.9 Å². The number of likely N-dealkylation sites (tertiary alicyclic amines) is 1. The molecule has 0 aliphatic carbocycles. The van der Waals surface area contributed by atoms with Crippen LogP contribution in [0.25, 0.3) is 10.8 Å². The van der Waals surface area contributed by atoms with Crippen molar-refractivity contribution in [3.8, 4) is 0 Å². The number of sulfone groups is 1. The van der Waals surface area contributed by atoms with Crippen LogP contribution < -0.4 is 5.32 Å². The van der Waals surface area contributed by atoms with Crippen molar-refractivity contribution in [2.45, 2.75) is 63.0 Å². The minimum Gasteiger partial charge on any atom is -0.458 e. The fraction of sp³-hybridized carbons (Fsp3) is 0.538. The summed E-state index contributed by atoms with van der Waals surface area (Å²) in [6.45, 7) is 7.10. The number of amides is 1. The first-order valence-corrected chi connectivity index (χ1v) is 14.1. The minimum absolute atomic E-state index is 0.109. The Labute approximate surface area is 212 Å². The van der Waals surface area contributed by atoms with Gasteiger partial charge in [-0.25, -0.2) is 13.2 Å². The quantitative estimate of drug-likeness (QED) is 0.579. The van der Waals surface area contributed by atoms with Crippen LogP contribution in [0.1, 0.15) is 46.5 Å². The molecule has 1 unspecified atom stereocenters. The lowest BCUT2D eigenvalue weighted by molar-refractivity contribution is -0.166. The molecule has 2 aromatic rings. The largest absolute Gasteiger partial charge is 0.458 e. The van der Waals surface area contributed by atoms with Gasteiger partial charge in [-0.05, 0) is 88.2 Å². The van der Waals surface area contributed by atoms with Gasteiger partial charge in [0.15, 0.2) is 9.84 Å². The molecule has 0 bridgehead atoms. The Morgan fingerprint density at radius 2 is 1.80 bits per heavy atom. The molecule has 1 N–H and O–H groups in total. The molecule has 190 valence electrons. The van der Waals surface area contributed by atoms with Gasteiger partial charge in [-0.15, -0.1) is 0 Å². The monoisotopic (exact) mass is 520 g/mol. The van der Waals surface area contributed by atoms with Crippen molar-refractivity contribution in [1.29, 1.82) is 0 Å². The number of ether oxygens (including phenoxy) is 1. The van der Waals surface area contributed by atoms with E-state index in [9.17, 15) is 18.0 Å². The van der Waals surface area contributed by atoms with Crippen LogP contribution in [0.4, 0.5) is 0 Å². The highest BCUT2D eigenvalue weighted by molar-refractivity contribution is 7.91. The van der Waals surface area contributed by atoms with Crippen LogP contribution in [0.5, 0.6) is 0 Å². The van der Waals surface area contributed by atoms with Gasteiger partial charge < -0.3 is 15.0 Å². The summed E-state index contributed by atoms with van der Waals surface area (Å²) in [5, 5.41) is 5.56. The molecule has 35 heavy (non-hydrogen) atoms. The summed E-state index contributed by atoms with van der Waals surface area (Å²) in [4.78, 5) is 28.1. The predicted octanol–water partition coefficient (Wildman–Crippen LogP) is 3.97. The summed E-state index contributed by atoms with van der Waals surface area (Å²) in [6, 6.07) is 9.61. The molecule has 1 amide bonds. The van der Waals surface area contributed by atoms with E-state index in [1.165, 1.54) is 0 Å². The van der Waals surface area contributed by atoms with Gasteiger partial charge in [-0.1, -0.05) is 23.7 Å². The first kappa shape index (κ1) is 25.9. The van der Waals surface area contributed by atoms with Crippen molar-refractivity contribution >= 4 is 44.1 Å². The molecular weight excluding hydrogens is 488 g/mol. The van der Waals surface area contributed by atoms with Gasteiger partial charge in [-0.2, -0.15) is 0 Å². The number of carbonyl (C=O) groups excluding carboxylic acids is 2. The summed E-state index contributed by atoms with van der Waals surface area (Å²) < 4.78 is 31.8. The summed E-state index contributed by atoms with van der Waals surface area (Å²) in [5.41, 5.74) is -1.14. The topological polar surface area (TPSA) is 92.8 Å². The van der Waals surface area contributed by atoms with E-state index in [2.05, 4.69) is 5.32 Å². The SMILES string of the molecule is CC(C)(C)OC(=O)C1N(CCCS(=O)(=O)c2ccc3cc(Cl)ccc3c2)C(=O)CC12CCNCC2. The number of halogens is 1. The van der Waals surface area contributed by atoms with Crippen LogP contribution in [0.3, 0.4) is 0 Å². The van der Waals surface area contributed by atoms with Gasteiger partial charge in [0.1, 0.15) is 11.6 Å². The van der Waals surface area contributed by atoms with Crippen molar-refractivity contribution in [1.82, 2.24) is 10.2 Å². The molecular formula is C26H33ClN2O5S. The van der Waals surface area contributed by atoms with Crippen LogP contribution >= 0.6 is 11.6 Å². The molecule has 1 atom stereocenters. The fourth-order valence-electron chi connectivity index (χ4n) is 5.27. The number of piperidine rings is 1. The summed E-state index contributed by atoms with van der Waals surface area (Å²) >= 11 is 6.03. The van der Waals surface area contributed by atoms with Gasteiger partial charge >= 0.3 is 5.97 Å². The number of nitrogens with zero attached hydrogens (tertiary/aromatic N) is 1. The molecule has 2 aliphatic heterocycles. The highest BCUT2D eigenvalue weighted by atomic mass is 35.5. The third kappa shape index (κ3) is 5.65. The lowest BCUT2D eigenvalue weighted by atomic mass is 9.72. The minimum atomic E-state index is -3.57. The zero-order valence-electron chi connectivity index (χ0n) is 20.5. The van der Waals surface area contributed by atoms with E-state index >= 15 is 0 Å². The summed E-state index contributed by atoms with van der Waals surface area (Å²) in [7, 11) is -3.57. The molecule has 9 heteroatoms. The van der Waals surface area contributed by atoms with E-state index in [-0.39, 0.29) is 29.5 Å². The second kappa shape index (κ2) is 9.71. The van der Waals surface area contributed by atoms with Crippen molar-refractivity contribution in [2.24, 2.45) is 5.41 Å². The number of nitrogens with one attached hydrogen (secondary N) is 1. The van der Waals surface area contributed by atoms with E-state index in [0.717, 1.165) is 23.9 Å². The highest BCUT2D eigenvalue weighted by Gasteiger charge is 2.56. The summed E-state index contributed by atoms with van der Waals surface area (Å²) in [5.74, 6) is -0.630. The number of fused-ring (bicyclic) bond motifs is 1. The van der Waals surface area contributed by atoms with E-state index in [0.29, 0.717) is 24.3 Å². The smallest absolute Gasteiger partial charge is 0.329 e. The van der Waals surface area contributed by atoms with Crippen molar-refractivity contribution in [3.63, 3.8) is 0 Å². The number of hydrogen-bond acceptors (Lipinski definition) is 6. The Kier molecular flexibility index (Phi) is 7.19. The zero-order valence-corrected chi connectivity index (χ0v) is 22.0. The maximum Gasteiger partial charge on any atom is 0.329 e. The third-order valence-electron chi connectivity index (χ3n) is 6.89. The average molecular weight is 521 g/mol. The maximum absolute atomic E-state index is 13.3. The van der Waals surface area contributed by atoms with Crippen molar-refractivity contribution in [2.75, 3.05) is 25.4 Å². The Bertz CT molecular complexity index is 1230. The van der Waals surface area contributed by atoms with E-state index in [1.54, 1.807) is 41.3 Å². The first-order chi connectivity index (χ1) is 16.4. The highest BCUT2D eigenvalue weighted by Crippen LogP contribution is 2.45. The van der Waals surface area contributed by atoms with Crippen LogP contribution in [-0.4, -0.2) is 62.2 Å². The van der Waals surface area contributed by atoms with Crippen LogP contribution in [-0.2, 0) is 24.2 Å². The molecule has 4 rings (SSSR count). The molecule has 2 saturated heterocycles. The number of rotatable bonds is 6. The Morgan fingerprint density at radius 1 is 1.14 bits per heavy atom. The number of esters is 1. The lowest BCUT2D eigenvalue weighted by Crippen LogP contribution is -2.52. The molecule has 0 radical (unpaired) electrons. The van der Waals surface area contributed by atoms with Gasteiger partial charge in [0.25, 0.3) is 0 Å². The lowest BCUT2D eigenvalue weighted by Gasteiger charge is -2.40. The van der Waals surface area contributed by atoms with Gasteiger partial charge in [0.05, 0.1) is 10.6 Å². The predicted molar refractivity (Wildman–Crippen MR) is 136 cm³/mol. The van der Waals surface area contributed by atoms with E-state index in [4.69, 9.17) is 16.3 Å². The molecule has 7 nitrogen and oxygen atoms in total. The van der Waals surface area contributed by atoms with Gasteiger partial charge in [0.2, 0.25) is 5.91 Å². The van der Waals surface area contributed by atoms with Gasteiger partial charge in [-0.3, -0.25) is 4.79 Å². The van der Waals surface area contributed by atoms with E-state index in [1.807, 2.05) is 20.8 Å². The first-order valence-electron chi connectivity index (χ1n) is 12.1. The fourth-order valence-corrected chi connectivity index (χ4v) is 6.78. The maximum atomic E-state index is 13.3. The number of benzene rings is 2. The van der Waals surface area contributed by atoms with Crippen LogP contribution in [0, 0.1) is 5.41 Å². The average Bonchev–Trinajstić information content (AvgIpc) is 3.03. The molecule has 0 aromatic heterocycles. The van der Waals surface area contributed by atoms with Crippen LogP contribution in [0.15, 0.2) is 41.3 Å². The molecule has 2 fully saturated rings. The Balaban J connectivity index is 1.50. The second-order valence-electron chi connectivity index (χ2n) is 10.6. The van der Waals surface area contributed by atoms with Gasteiger partial charge in [0, 0.05) is 23.4 Å². The molecule has 1 spiro atoms.